The lowest BCUT2D eigenvalue weighted by atomic mass is 9.86. The molecule has 0 bridgehead atoms. The van der Waals surface area contributed by atoms with Crippen molar-refractivity contribution in [2.24, 2.45) is 0 Å². The summed E-state index contributed by atoms with van der Waals surface area (Å²) in [6, 6.07) is 15.4. The molecule has 0 saturated heterocycles. The van der Waals surface area contributed by atoms with Gasteiger partial charge in [0.2, 0.25) is 5.91 Å². The van der Waals surface area contributed by atoms with Gasteiger partial charge in [-0.05, 0) is 54.5 Å². The van der Waals surface area contributed by atoms with Gasteiger partial charge in [-0.25, -0.2) is 5.10 Å². The third-order valence-electron chi connectivity index (χ3n) is 5.86. The molecule has 1 amide bonds. The number of hydrogen-bond donors (Lipinski definition) is 1. The lowest BCUT2D eigenvalue weighted by Crippen LogP contribution is -2.33. The molecule has 0 saturated carbocycles. The number of pyridine rings is 1. The van der Waals surface area contributed by atoms with Gasteiger partial charge in [0.1, 0.15) is 0 Å². The summed E-state index contributed by atoms with van der Waals surface area (Å²) in [6.07, 6.45) is 3.96. The van der Waals surface area contributed by atoms with E-state index < -0.39 is 5.41 Å². The Hall–Kier alpha value is -3.37. The summed E-state index contributed by atoms with van der Waals surface area (Å²) in [5, 5.41) is 9.31. The van der Waals surface area contributed by atoms with Crippen LogP contribution in [0.2, 0.25) is 0 Å². The Morgan fingerprint density at radius 1 is 1.03 bits per heavy atom. The normalized spacial score (nSPS) is 14.8. The van der Waals surface area contributed by atoms with Crippen LogP contribution in [-0.2, 0) is 16.6 Å². The van der Waals surface area contributed by atoms with Crippen LogP contribution < -0.4 is 15.8 Å². The van der Waals surface area contributed by atoms with Crippen molar-refractivity contribution in [2.45, 2.75) is 25.7 Å². The number of anilines is 2. The van der Waals surface area contributed by atoms with Gasteiger partial charge < -0.3 is 0 Å². The summed E-state index contributed by atoms with van der Waals surface area (Å²) < 4.78 is 0. The zero-order valence-corrected chi connectivity index (χ0v) is 18.4. The molecular formula is C24H21N4O2P. The average Bonchev–Trinajstić information content (AvgIpc) is 2.96. The summed E-state index contributed by atoms with van der Waals surface area (Å²) >= 11 is 0. The zero-order valence-electron chi connectivity index (χ0n) is 17.2. The van der Waals surface area contributed by atoms with Crippen LogP contribution in [0, 0.1) is 0 Å². The van der Waals surface area contributed by atoms with Crippen molar-refractivity contribution >= 4 is 42.6 Å². The van der Waals surface area contributed by atoms with Gasteiger partial charge in [0.05, 0.1) is 34.1 Å². The van der Waals surface area contributed by atoms with Gasteiger partial charge >= 0.3 is 0 Å². The van der Waals surface area contributed by atoms with E-state index in [1.165, 1.54) is 0 Å². The summed E-state index contributed by atoms with van der Waals surface area (Å²) in [7, 11) is 2.69. The van der Waals surface area contributed by atoms with Crippen LogP contribution in [0.1, 0.15) is 30.7 Å². The second-order valence-electron chi connectivity index (χ2n) is 8.32. The number of H-pyrrole nitrogens is 1. The fourth-order valence-corrected chi connectivity index (χ4v) is 4.46. The van der Waals surface area contributed by atoms with Gasteiger partial charge in [-0.15, -0.1) is 9.24 Å². The van der Waals surface area contributed by atoms with E-state index in [9.17, 15) is 9.59 Å². The predicted octanol–water partition coefficient (Wildman–Crippen LogP) is 3.37. The average molecular weight is 428 g/mol. The molecule has 5 rings (SSSR count). The SMILES string of the molecule is CC1(C)C(=O)N(c2cncc(Cc3n[nH]c(=O)c4ccccc34)c2)c2ccc(P)cc21. The van der Waals surface area contributed by atoms with Crippen LogP contribution in [0.4, 0.5) is 11.4 Å². The second-order valence-corrected chi connectivity index (χ2v) is 8.98. The van der Waals surface area contributed by atoms with E-state index in [-0.39, 0.29) is 11.5 Å². The quantitative estimate of drug-likeness (QED) is 0.508. The number of carbonyl (C=O) groups excluding carboxylic acids is 1. The molecule has 0 aliphatic carbocycles. The predicted molar refractivity (Wildman–Crippen MR) is 125 cm³/mol. The van der Waals surface area contributed by atoms with E-state index in [0.29, 0.717) is 11.8 Å². The number of fused-ring (bicyclic) bond motifs is 2. The first-order valence-corrected chi connectivity index (χ1v) is 10.6. The van der Waals surface area contributed by atoms with Crippen molar-refractivity contribution in [1.29, 1.82) is 0 Å². The third kappa shape index (κ3) is 3.15. The van der Waals surface area contributed by atoms with Crippen molar-refractivity contribution in [3.05, 3.63) is 88.1 Å². The van der Waals surface area contributed by atoms with Gasteiger partial charge in [-0.3, -0.25) is 19.5 Å². The van der Waals surface area contributed by atoms with Crippen molar-refractivity contribution in [3.8, 4) is 0 Å². The maximum absolute atomic E-state index is 13.3. The lowest BCUT2D eigenvalue weighted by Gasteiger charge is -2.20. The van der Waals surface area contributed by atoms with E-state index in [2.05, 4.69) is 24.4 Å². The van der Waals surface area contributed by atoms with Gasteiger partial charge in [-0.1, -0.05) is 24.3 Å². The highest BCUT2D eigenvalue weighted by atomic mass is 31.0. The molecule has 31 heavy (non-hydrogen) atoms. The summed E-state index contributed by atoms with van der Waals surface area (Å²) in [4.78, 5) is 31.5. The molecule has 2 aromatic heterocycles. The summed E-state index contributed by atoms with van der Waals surface area (Å²) in [6.45, 7) is 3.90. The Kier molecular flexibility index (Phi) is 4.49. The summed E-state index contributed by atoms with van der Waals surface area (Å²) in [5.74, 6) is 0.0182. The van der Waals surface area contributed by atoms with Crippen LogP contribution in [0.25, 0.3) is 10.8 Å². The maximum atomic E-state index is 13.3. The highest BCUT2D eigenvalue weighted by molar-refractivity contribution is 7.27. The molecule has 6 nitrogen and oxygen atoms in total. The Morgan fingerprint density at radius 3 is 2.61 bits per heavy atom. The van der Waals surface area contributed by atoms with Crippen molar-refractivity contribution in [1.82, 2.24) is 15.2 Å². The first kappa shape index (κ1) is 19.6. The molecule has 0 fully saturated rings. The van der Waals surface area contributed by atoms with E-state index in [0.717, 1.165) is 38.9 Å². The van der Waals surface area contributed by atoms with Crippen LogP contribution in [0.5, 0.6) is 0 Å². The first-order valence-electron chi connectivity index (χ1n) is 10.0. The molecule has 3 heterocycles. The summed E-state index contributed by atoms with van der Waals surface area (Å²) in [5.41, 5.74) is 3.45. The van der Waals surface area contributed by atoms with Crippen molar-refractivity contribution < 1.29 is 4.79 Å². The van der Waals surface area contributed by atoms with Crippen LogP contribution in [-0.4, -0.2) is 21.1 Å². The van der Waals surface area contributed by atoms with E-state index >= 15 is 0 Å². The molecule has 1 aliphatic heterocycles. The molecule has 1 unspecified atom stereocenters. The van der Waals surface area contributed by atoms with Crippen LogP contribution >= 0.6 is 9.24 Å². The molecule has 1 atom stereocenters. The fraction of sp³-hybridized carbons (Fsp3) is 0.167. The Balaban J connectivity index is 1.56. The number of aromatic nitrogens is 3. The monoisotopic (exact) mass is 428 g/mol. The van der Waals surface area contributed by atoms with Crippen LogP contribution in [0.3, 0.4) is 0 Å². The standard InChI is InChI=1S/C24H21N4O2P/c1-24(2)19-11-16(31)7-8-21(19)28(23(24)30)15-9-14(12-25-13-15)10-20-17-5-3-4-6-18(17)22(29)27-26-20/h3-9,11-13H,10,31H2,1-2H3,(H,27,29). The Morgan fingerprint density at radius 2 is 1.81 bits per heavy atom. The highest BCUT2D eigenvalue weighted by Gasteiger charge is 2.44. The van der Waals surface area contributed by atoms with E-state index in [1.54, 1.807) is 23.4 Å². The second kappa shape index (κ2) is 7.10. The van der Waals surface area contributed by atoms with Crippen molar-refractivity contribution in [2.75, 3.05) is 4.90 Å². The Labute approximate surface area is 181 Å². The number of nitrogens with zero attached hydrogens (tertiary/aromatic N) is 3. The maximum Gasteiger partial charge on any atom is 0.272 e. The molecule has 1 aliphatic rings. The minimum absolute atomic E-state index is 0.0182. The molecule has 7 heteroatoms. The minimum atomic E-state index is -0.616. The topological polar surface area (TPSA) is 79.0 Å². The molecule has 0 radical (unpaired) electrons. The molecule has 2 aromatic carbocycles. The largest absolute Gasteiger partial charge is 0.278 e. The van der Waals surface area contributed by atoms with Gasteiger partial charge in [0.25, 0.3) is 5.56 Å². The van der Waals surface area contributed by atoms with Crippen molar-refractivity contribution in [3.63, 3.8) is 0 Å². The number of amides is 1. The first-order chi connectivity index (χ1) is 14.9. The number of hydrogen-bond acceptors (Lipinski definition) is 4. The van der Waals surface area contributed by atoms with Crippen LogP contribution in [0.15, 0.2) is 65.7 Å². The van der Waals surface area contributed by atoms with Gasteiger partial charge in [-0.2, -0.15) is 5.10 Å². The van der Waals surface area contributed by atoms with E-state index in [1.807, 2.05) is 56.3 Å². The molecule has 4 aromatic rings. The molecular weight excluding hydrogens is 407 g/mol. The molecule has 154 valence electrons. The Bertz CT molecular complexity index is 1410. The minimum Gasteiger partial charge on any atom is -0.278 e. The van der Waals surface area contributed by atoms with Gasteiger partial charge in [0.15, 0.2) is 0 Å². The number of benzene rings is 2. The lowest BCUT2D eigenvalue weighted by molar-refractivity contribution is -0.121. The fourth-order valence-electron chi connectivity index (χ4n) is 4.20. The number of carbonyl (C=O) groups is 1. The highest BCUT2D eigenvalue weighted by Crippen LogP contribution is 2.45. The zero-order chi connectivity index (χ0) is 21.8. The number of nitrogens with one attached hydrogen (secondary N) is 1. The third-order valence-corrected chi connectivity index (χ3v) is 6.22. The van der Waals surface area contributed by atoms with E-state index in [4.69, 9.17) is 0 Å². The van der Waals surface area contributed by atoms with Gasteiger partial charge in [0, 0.05) is 18.0 Å². The molecule has 1 N–H and O–H groups in total. The number of aromatic amines is 1. The molecule has 0 spiro atoms. The smallest absolute Gasteiger partial charge is 0.272 e. The number of rotatable bonds is 3.